The van der Waals surface area contributed by atoms with Crippen molar-refractivity contribution in [2.45, 2.75) is 20.3 Å². The Morgan fingerprint density at radius 3 is 2.44 bits per heavy atom. The van der Waals surface area contributed by atoms with E-state index in [1.165, 1.54) is 6.42 Å². The van der Waals surface area contributed by atoms with Gasteiger partial charge in [-0.05, 0) is 18.1 Å². The van der Waals surface area contributed by atoms with Crippen LogP contribution in [0.25, 0.3) is 0 Å². The minimum Gasteiger partial charge on any atom is -0.493 e. The van der Waals surface area contributed by atoms with E-state index in [2.05, 4.69) is 19.2 Å². The lowest BCUT2D eigenvalue weighted by Crippen LogP contribution is -2.10. The Morgan fingerprint density at radius 2 is 1.88 bits per heavy atom. The molecule has 0 aliphatic rings. The third-order valence-corrected chi connectivity index (χ3v) is 2.74. The van der Waals surface area contributed by atoms with Gasteiger partial charge in [-0.15, -0.1) is 0 Å². The van der Waals surface area contributed by atoms with Crippen molar-refractivity contribution >= 4 is 5.69 Å². The summed E-state index contributed by atoms with van der Waals surface area (Å²) in [6.45, 7) is 5.40. The summed E-state index contributed by atoms with van der Waals surface area (Å²) in [7, 11) is 3.29. The smallest absolute Gasteiger partial charge is 0.162 e. The van der Waals surface area contributed by atoms with Gasteiger partial charge < -0.3 is 14.8 Å². The molecule has 0 aliphatic carbocycles. The molecule has 1 aromatic rings. The van der Waals surface area contributed by atoms with Gasteiger partial charge in [0, 0.05) is 18.3 Å². The van der Waals surface area contributed by atoms with Gasteiger partial charge in [-0.25, -0.2) is 0 Å². The van der Waals surface area contributed by atoms with Gasteiger partial charge in [0.15, 0.2) is 11.5 Å². The first-order valence-electron chi connectivity index (χ1n) is 5.67. The summed E-state index contributed by atoms with van der Waals surface area (Å²) in [5.74, 6) is 2.20. The van der Waals surface area contributed by atoms with Crippen LogP contribution in [0.3, 0.4) is 0 Å². The minimum atomic E-state index is 0.674. The van der Waals surface area contributed by atoms with Crippen LogP contribution in [0.15, 0.2) is 18.2 Å². The maximum Gasteiger partial charge on any atom is 0.162 e. The van der Waals surface area contributed by atoms with Crippen molar-refractivity contribution in [2.75, 3.05) is 26.1 Å². The third kappa shape index (κ3) is 3.33. The van der Waals surface area contributed by atoms with Crippen LogP contribution in [-0.2, 0) is 0 Å². The largest absolute Gasteiger partial charge is 0.493 e. The quantitative estimate of drug-likeness (QED) is 0.803. The standard InChI is InChI=1S/C13H21NO2/c1-5-10(2)9-14-11-6-7-12(15-3)13(8-11)16-4/h6-8,10,14H,5,9H2,1-4H3. The molecule has 0 heterocycles. The number of benzene rings is 1. The van der Waals surface area contributed by atoms with E-state index in [1.54, 1.807) is 14.2 Å². The van der Waals surface area contributed by atoms with Crippen LogP contribution in [0.1, 0.15) is 20.3 Å². The Balaban J connectivity index is 2.67. The van der Waals surface area contributed by atoms with Crippen molar-refractivity contribution < 1.29 is 9.47 Å². The third-order valence-electron chi connectivity index (χ3n) is 2.74. The maximum absolute atomic E-state index is 5.25. The van der Waals surface area contributed by atoms with E-state index in [0.29, 0.717) is 5.92 Å². The molecule has 1 unspecified atom stereocenters. The molecule has 0 aromatic heterocycles. The summed E-state index contributed by atoms with van der Waals surface area (Å²) < 4.78 is 10.4. The molecular formula is C13H21NO2. The van der Waals surface area contributed by atoms with Crippen LogP contribution in [0.2, 0.25) is 0 Å². The van der Waals surface area contributed by atoms with Gasteiger partial charge in [0.05, 0.1) is 14.2 Å². The Hall–Kier alpha value is -1.38. The average molecular weight is 223 g/mol. The van der Waals surface area contributed by atoms with E-state index in [0.717, 1.165) is 23.7 Å². The zero-order valence-corrected chi connectivity index (χ0v) is 10.5. The molecule has 3 heteroatoms. The van der Waals surface area contributed by atoms with Gasteiger partial charge in [-0.2, -0.15) is 0 Å². The number of methoxy groups -OCH3 is 2. The van der Waals surface area contributed by atoms with Crippen molar-refractivity contribution in [3.63, 3.8) is 0 Å². The number of ether oxygens (including phenoxy) is 2. The Labute approximate surface area is 97.8 Å². The fourth-order valence-electron chi connectivity index (χ4n) is 1.38. The second-order valence-corrected chi connectivity index (χ2v) is 3.96. The molecule has 90 valence electrons. The normalized spacial score (nSPS) is 12.0. The lowest BCUT2D eigenvalue weighted by molar-refractivity contribution is 0.355. The van der Waals surface area contributed by atoms with Gasteiger partial charge in [0.1, 0.15) is 0 Å². The topological polar surface area (TPSA) is 30.5 Å². The highest BCUT2D eigenvalue weighted by atomic mass is 16.5. The molecule has 0 bridgehead atoms. The van der Waals surface area contributed by atoms with Crippen LogP contribution in [0.4, 0.5) is 5.69 Å². The summed E-state index contributed by atoms with van der Waals surface area (Å²) in [4.78, 5) is 0. The Morgan fingerprint density at radius 1 is 1.19 bits per heavy atom. The highest BCUT2D eigenvalue weighted by Crippen LogP contribution is 2.29. The molecule has 0 radical (unpaired) electrons. The van der Waals surface area contributed by atoms with Crippen LogP contribution >= 0.6 is 0 Å². The second-order valence-electron chi connectivity index (χ2n) is 3.96. The predicted octanol–water partition coefficient (Wildman–Crippen LogP) is 3.16. The lowest BCUT2D eigenvalue weighted by atomic mass is 10.1. The van der Waals surface area contributed by atoms with Crippen LogP contribution < -0.4 is 14.8 Å². The number of hydrogen-bond acceptors (Lipinski definition) is 3. The lowest BCUT2D eigenvalue weighted by Gasteiger charge is -2.13. The van der Waals surface area contributed by atoms with Crippen LogP contribution in [0, 0.1) is 5.92 Å². The van der Waals surface area contributed by atoms with Crippen LogP contribution in [0.5, 0.6) is 11.5 Å². The highest BCUT2D eigenvalue weighted by Gasteiger charge is 2.05. The van der Waals surface area contributed by atoms with E-state index in [9.17, 15) is 0 Å². The monoisotopic (exact) mass is 223 g/mol. The highest BCUT2D eigenvalue weighted by molar-refractivity contribution is 5.54. The molecule has 0 spiro atoms. The van der Waals surface area contributed by atoms with E-state index in [4.69, 9.17) is 9.47 Å². The molecule has 1 aromatic carbocycles. The number of hydrogen-bond donors (Lipinski definition) is 1. The first kappa shape index (κ1) is 12.7. The molecule has 1 N–H and O–H groups in total. The molecule has 0 saturated heterocycles. The van der Waals surface area contributed by atoms with Gasteiger partial charge in [0.25, 0.3) is 0 Å². The molecule has 0 saturated carbocycles. The molecule has 0 amide bonds. The fraction of sp³-hybridized carbons (Fsp3) is 0.538. The van der Waals surface area contributed by atoms with Crippen molar-refractivity contribution in [3.8, 4) is 11.5 Å². The summed E-state index contributed by atoms with van der Waals surface area (Å²) in [5.41, 5.74) is 1.07. The molecule has 0 fully saturated rings. The van der Waals surface area contributed by atoms with Crippen molar-refractivity contribution in [3.05, 3.63) is 18.2 Å². The van der Waals surface area contributed by atoms with E-state index >= 15 is 0 Å². The average Bonchev–Trinajstić information content (AvgIpc) is 2.35. The maximum atomic E-state index is 5.25. The summed E-state index contributed by atoms with van der Waals surface area (Å²) in [5, 5.41) is 3.39. The number of anilines is 1. The Kier molecular flexibility index (Phi) is 4.96. The van der Waals surface area contributed by atoms with Gasteiger partial charge >= 0.3 is 0 Å². The molecule has 3 nitrogen and oxygen atoms in total. The molecule has 1 atom stereocenters. The summed E-state index contributed by atoms with van der Waals surface area (Å²) in [6, 6.07) is 5.88. The number of nitrogens with one attached hydrogen (secondary N) is 1. The van der Waals surface area contributed by atoms with Crippen molar-refractivity contribution in [2.24, 2.45) is 5.92 Å². The minimum absolute atomic E-state index is 0.674. The SMILES string of the molecule is CCC(C)CNc1ccc(OC)c(OC)c1. The van der Waals surface area contributed by atoms with Crippen molar-refractivity contribution in [1.82, 2.24) is 0 Å². The molecule has 1 rings (SSSR count). The zero-order chi connectivity index (χ0) is 12.0. The summed E-state index contributed by atoms with van der Waals surface area (Å²) >= 11 is 0. The predicted molar refractivity (Wildman–Crippen MR) is 67.5 cm³/mol. The van der Waals surface area contributed by atoms with E-state index < -0.39 is 0 Å². The second kappa shape index (κ2) is 6.26. The zero-order valence-electron chi connectivity index (χ0n) is 10.5. The first-order valence-corrected chi connectivity index (χ1v) is 5.67. The van der Waals surface area contributed by atoms with Gasteiger partial charge in [0.2, 0.25) is 0 Å². The number of rotatable bonds is 6. The van der Waals surface area contributed by atoms with Crippen molar-refractivity contribution in [1.29, 1.82) is 0 Å². The molecule has 16 heavy (non-hydrogen) atoms. The van der Waals surface area contributed by atoms with E-state index in [1.807, 2.05) is 18.2 Å². The van der Waals surface area contributed by atoms with Gasteiger partial charge in [-0.1, -0.05) is 20.3 Å². The summed E-state index contributed by atoms with van der Waals surface area (Å²) in [6.07, 6.45) is 1.18. The molecular weight excluding hydrogens is 202 g/mol. The Bertz CT molecular complexity index is 326. The van der Waals surface area contributed by atoms with E-state index in [-0.39, 0.29) is 0 Å². The van der Waals surface area contributed by atoms with Crippen LogP contribution in [-0.4, -0.2) is 20.8 Å². The molecule has 0 aliphatic heterocycles. The first-order chi connectivity index (χ1) is 7.71. The van der Waals surface area contributed by atoms with Gasteiger partial charge in [-0.3, -0.25) is 0 Å². The fourth-order valence-corrected chi connectivity index (χ4v) is 1.38.